The number of aromatic nitrogens is 3. The molecule has 0 aliphatic carbocycles. The smallest absolute Gasteiger partial charge is 0.258 e. The lowest BCUT2D eigenvalue weighted by molar-refractivity contribution is -0.116. The molecule has 0 spiro atoms. The van der Waals surface area contributed by atoms with E-state index < -0.39 is 11.7 Å². The molecule has 3 aromatic rings. The van der Waals surface area contributed by atoms with Crippen molar-refractivity contribution in [2.45, 2.75) is 6.54 Å². The topological polar surface area (TPSA) is 88.9 Å². The number of hydrogen-bond donors (Lipinski definition) is 2. The quantitative estimate of drug-likeness (QED) is 0.746. The fourth-order valence-electron chi connectivity index (χ4n) is 2.07. The number of amides is 2. The minimum absolute atomic E-state index is 0.0473. The van der Waals surface area contributed by atoms with Gasteiger partial charge in [0, 0.05) is 11.3 Å². The summed E-state index contributed by atoms with van der Waals surface area (Å²) in [7, 11) is 0. The van der Waals surface area contributed by atoms with Crippen LogP contribution in [0.15, 0.2) is 60.9 Å². The second-order valence-corrected chi connectivity index (χ2v) is 5.14. The Morgan fingerprint density at radius 3 is 2.44 bits per heavy atom. The molecule has 0 fully saturated rings. The summed E-state index contributed by atoms with van der Waals surface area (Å²) in [6, 6.07) is 14.1. The molecule has 126 valence electrons. The Balaban J connectivity index is 1.57. The van der Waals surface area contributed by atoms with Crippen molar-refractivity contribution < 1.29 is 14.0 Å². The van der Waals surface area contributed by atoms with Crippen molar-refractivity contribution >= 4 is 23.5 Å². The minimum Gasteiger partial charge on any atom is -0.324 e. The number of halogens is 1. The summed E-state index contributed by atoms with van der Waals surface area (Å²) in [5.74, 6) is -1.11. The predicted octanol–water partition coefficient (Wildman–Crippen LogP) is 2.31. The lowest BCUT2D eigenvalue weighted by atomic mass is 10.2. The molecule has 2 N–H and O–H groups in total. The number of anilines is 2. The Hall–Kier alpha value is -3.55. The van der Waals surface area contributed by atoms with Crippen LogP contribution in [0.2, 0.25) is 0 Å². The van der Waals surface area contributed by atoms with Crippen molar-refractivity contribution in [1.82, 2.24) is 14.8 Å². The summed E-state index contributed by atoms with van der Waals surface area (Å²) >= 11 is 0. The molecular weight excluding hydrogens is 325 g/mol. The second kappa shape index (κ2) is 7.35. The van der Waals surface area contributed by atoms with E-state index in [-0.39, 0.29) is 24.0 Å². The average Bonchev–Trinajstić information content (AvgIpc) is 3.03. The van der Waals surface area contributed by atoms with Crippen LogP contribution in [-0.2, 0) is 11.3 Å². The second-order valence-electron chi connectivity index (χ2n) is 5.14. The average molecular weight is 339 g/mol. The van der Waals surface area contributed by atoms with Crippen LogP contribution >= 0.6 is 0 Å². The number of carbonyl (C=O) groups excluding carboxylic acids is 2. The third kappa shape index (κ3) is 4.47. The Morgan fingerprint density at radius 2 is 1.72 bits per heavy atom. The number of para-hydroxylation sites is 1. The normalized spacial score (nSPS) is 10.3. The molecule has 0 unspecified atom stereocenters. The van der Waals surface area contributed by atoms with Gasteiger partial charge >= 0.3 is 0 Å². The zero-order chi connectivity index (χ0) is 17.6. The molecule has 2 aromatic carbocycles. The van der Waals surface area contributed by atoms with Gasteiger partial charge in [-0.1, -0.05) is 18.2 Å². The molecule has 7 nitrogen and oxygen atoms in total. The SMILES string of the molecule is O=C(Cn1cnc(NC(=O)c2ccc(F)cc2)n1)Nc1ccccc1. The van der Waals surface area contributed by atoms with Crippen molar-refractivity contribution in [3.8, 4) is 0 Å². The van der Waals surface area contributed by atoms with Crippen LogP contribution in [0.4, 0.5) is 16.0 Å². The summed E-state index contributed by atoms with van der Waals surface area (Å²) in [5, 5.41) is 9.22. The Kier molecular flexibility index (Phi) is 4.79. The number of nitrogens with one attached hydrogen (secondary N) is 2. The van der Waals surface area contributed by atoms with Gasteiger partial charge in [-0.15, -0.1) is 5.10 Å². The van der Waals surface area contributed by atoms with Gasteiger partial charge in [-0.2, -0.15) is 0 Å². The molecule has 8 heteroatoms. The molecule has 0 saturated heterocycles. The van der Waals surface area contributed by atoms with Crippen molar-refractivity contribution in [2.75, 3.05) is 10.6 Å². The first-order valence-electron chi connectivity index (χ1n) is 7.41. The van der Waals surface area contributed by atoms with Crippen LogP contribution in [0.5, 0.6) is 0 Å². The molecular formula is C17H14FN5O2. The standard InChI is InChI=1S/C17H14FN5O2/c18-13-8-6-12(7-9-13)16(25)21-17-19-11-23(22-17)10-15(24)20-14-4-2-1-3-5-14/h1-9,11H,10H2,(H,20,24)(H,21,22,25). The lowest BCUT2D eigenvalue weighted by Crippen LogP contribution is -2.19. The van der Waals surface area contributed by atoms with E-state index in [0.29, 0.717) is 5.69 Å². The molecule has 25 heavy (non-hydrogen) atoms. The lowest BCUT2D eigenvalue weighted by Gasteiger charge is -2.04. The van der Waals surface area contributed by atoms with Crippen LogP contribution in [-0.4, -0.2) is 26.6 Å². The summed E-state index contributed by atoms with van der Waals surface area (Å²) in [6.07, 6.45) is 1.34. The minimum atomic E-state index is -0.466. The number of carbonyl (C=O) groups is 2. The van der Waals surface area contributed by atoms with E-state index >= 15 is 0 Å². The highest BCUT2D eigenvalue weighted by atomic mass is 19.1. The molecule has 0 saturated carbocycles. The molecule has 0 bridgehead atoms. The summed E-state index contributed by atoms with van der Waals surface area (Å²) in [4.78, 5) is 27.9. The first-order valence-corrected chi connectivity index (χ1v) is 7.41. The zero-order valence-corrected chi connectivity index (χ0v) is 13.0. The fourth-order valence-corrected chi connectivity index (χ4v) is 2.07. The fraction of sp³-hybridized carbons (Fsp3) is 0.0588. The predicted molar refractivity (Wildman–Crippen MR) is 89.4 cm³/mol. The van der Waals surface area contributed by atoms with Gasteiger partial charge in [0.25, 0.3) is 5.91 Å². The molecule has 0 radical (unpaired) electrons. The third-order valence-electron chi connectivity index (χ3n) is 3.23. The molecule has 1 heterocycles. The van der Waals surface area contributed by atoms with E-state index in [2.05, 4.69) is 20.7 Å². The van der Waals surface area contributed by atoms with E-state index in [0.717, 1.165) is 0 Å². The van der Waals surface area contributed by atoms with Crippen LogP contribution < -0.4 is 10.6 Å². The first-order chi connectivity index (χ1) is 12.1. The van der Waals surface area contributed by atoms with E-state index in [1.54, 1.807) is 12.1 Å². The van der Waals surface area contributed by atoms with Crippen molar-refractivity contribution in [1.29, 1.82) is 0 Å². The monoisotopic (exact) mass is 339 g/mol. The third-order valence-corrected chi connectivity index (χ3v) is 3.23. The summed E-state index contributed by atoms with van der Waals surface area (Å²) < 4.78 is 14.2. The van der Waals surface area contributed by atoms with Crippen LogP contribution in [0, 0.1) is 5.82 Å². The highest BCUT2D eigenvalue weighted by Crippen LogP contribution is 2.07. The van der Waals surface area contributed by atoms with Crippen LogP contribution in [0.1, 0.15) is 10.4 Å². The van der Waals surface area contributed by atoms with Crippen LogP contribution in [0.25, 0.3) is 0 Å². The van der Waals surface area contributed by atoms with E-state index in [4.69, 9.17) is 0 Å². The largest absolute Gasteiger partial charge is 0.324 e. The Bertz CT molecular complexity index is 878. The van der Waals surface area contributed by atoms with Gasteiger partial charge < -0.3 is 5.32 Å². The molecule has 0 atom stereocenters. The maximum atomic E-state index is 12.9. The van der Waals surface area contributed by atoms with E-state index in [1.165, 1.54) is 35.3 Å². The van der Waals surface area contributed by atoms with Gasteiger partial charge in [0.2, 0.25) is 11.9 Å². The van der Waals surface area contributed by atoms with Gasteiger partial charge in [-0.05, 0) is 36.4 Å². The number of hydrogen-bond acceptors (Lipinski definition) is 4. The number of rotatable bonds is 5. The first kappa shape index (κ1) is 16.3. The van der Waals surface area contributed by atoms with Gasteiger partial charge in [0.15, 0.2) is 0 Å². The molecule has 1 aromatic heterocycles. The maximum absolute atomic E-state index is 12.9. The van der Waals surface area contributed by atoms with Crippen LogP contribution in [0.3, 0.4) is 0 Å². The Morgan fingerprint density at radius 1 is 1.00 bits per heavy atom. The van der Waals surface area contributed by atoms with Gasteiger partial charge in [-0.3, -0.25) is 14.9 Å². The van der Waals surface area contributed by atoms with Crippen molar-refractivity contribution in [3.05, 3.63) is 72.3 Å². The van der Waals surface area contributed by atoms with Gasteiger partial charge in [-0.25, -0.2) is 14.1 Å². The van der Waals surface area contributed by atoms with Gasteiger partial charge in [0.05, 0.1) is 0 Å². The highest BCUT2D eigenvalue weighted by molar-refractivity contribution is 6.03. The van der Waals surface area contributed by atoms with Crippen molar-refractivity contribution in [3.63, 3.8) is 0 Å². The zero-order valence-electron chi connectivity index (χ0n) is 13.0. The molecule has 2 amide bonds. The summed E-state index contributed by atoms with van der Waals surface area (Å²) in [6.45, 7) is -0.0473. The molecule has 0 aliphatic rings. The highest BCUT2D eigenvalue weighted by Gasteiger charge is 2.11. The van der Waals surface area contributed by atoms with Gasteiger partial charge in [0.1, 0.15) is 18.7 Å². The van der Waals surface area contributed by atoms with E-state index in [9.17, 15) is 14.0 Å². The summed E-state index contributed by atoms with van der Waals surface area (Å²) in [5.41, 5.74) is 0.956. The van der Waals surface area contributed by atoms with E-state index in [1.807, 2.05) is 18.2 Å². The molecule has 0 aliphatic heterocycles. The van der Waals surface area contributed by atoms with Crippen molar-refractivity contribution in [2.24, 2.45) is 0 Å². The maximum Gasteiger partial charge on any atom is 0.258 e. The molecule has 3 rings (SSSR count). The number of nitrogens with zero attached hydrogens (tertiary/aromatic N) is 3. The Labute approximate surface area is 142 Å². The number of benzene rings is 2.